The van der Waals surface area contributed by atoms with E-state index in [4.69, 9.17) is 28.2 Å². The molecule has 7 nitrogen and oxygen atoms in total. The quantitative estimate of drug-likeness (QED) is 0.539. The minimum atomic E-state index is -0.160. The lowest BCUT2D eigenvalue weighted by Crippen LogP contribution is -2.45. The average molecular weight is 512 g/mol. The summed E-state index contributed by atoms with van der Waals surface area (Å²) in [6.45, 7) is 1.40. The molecule has 0 bridgehead atoms. The lowest BCUT2D eigenvalue weighted by molar-refractivity contribution is 0.0732. The molecule has 182 valence electrons. The van der Waals surface area contributed by atoms with Gasteiger partial charge in [-0.25, -0.2) is 4.98 Å². The van der Waals surface area contributed by atoms with Crippen LogP contribution < -0.4 is 15.9 Å². The lowest BCUT2D eigenvalue weighted by Gasteiger charge is -2.30. The number of rotatable bonds is 6. The molecule has 2 aliphatic rings. The molecule has 3 aromatic rings. The Balaban J connectivity index is 1.39. The summed E-state index contributed by atoms with van der Waals surface area (Å²) in [5.74, 6) is 0.403. The van der Waals surface area contributed by atoms with Gasteiger partial charge in [-0.3, -0.25) is 9.59 Å². The highest BCUT2D eigenvalue weighted by Gasteiger charge is 2.44. The summed E-state index contributed by atoms with van der Waals surface area (Å²) in [4.78, 5) is 33.1. The molecule has 1 aliphatic carbocycles. The van der Waals surface area contributed by atoms with E-state index in [9.17, 15) is 9.59 Å². The normalized spacial score (nSPS) is 15.9. The van der Waals surface area contributed by atoms with Gasteiger partial charge in [-0.2, -0.15) is 4.68 Å². The van der Waals surface area contributed by atoms with Crippen LogP contribution in [0.1, 0.15) is 40.0 Å². The molecule has 0 saturated heterocycles. The van der Waals surface area contributed by atoms with E-state index in [1.54, 1.807) is 38.9 Å². The number of hydrogen-bond donors (Lipinski definition) is 1. The Hall–Kier alpha value is -3.03. The van der Waals surface area contributed by atoms with E-state index < -0.39 is 0 Å². The van der Waals surface area contributed by atoms with Crippen molar-refractivity contribution in [2.75, 3.05) is 37.5 Å². The topological polar surface area (TPSA) is 70.5 Å². The highest BCUT2D eigenvalue weighted by molar-refractivity contribution is 6.30. The van der Waals surface area contributed by atoms with Crippen molar-refractivity contribution in [3.63, 3.8) is 0 Å². The van der Waals surface area contributed by atoms with Crippen LogP contribution in [0.3, 0.4) is 0 Å². The van der Waals surface area contributed by atoms with Crippen molar-refractivity contribution in [2.24, 2.45) is 0 Å². The van der Waals surface area contributed by atoms with Gasteiger partial charge < -0.3 is 15.2 Å². The Labute approximate surface area is 214 Å². The third-order valence-corrected chi connectivity index (χ3v) is 7.39. The van der Waals surface area contributed by atoms with Gasteiger partial charge in [0.15, 0.2) is 0 Å². The number of halogens is 2. The molecule has 1 amide bonds. The van der Waals surface area contributed by atoms with Crippen molar-refractivity contribution in [2.45, 2.75) is 31.2 Å². The molecule has 1 N–H and O–H groups in total. The van der Waals surface area contributed by atoms with Crippen LogP contribution in [-0.4, -0.2) is 47.7 Å². The molecule has 35 heavy (non-hydrogen) atoms. The van der Waals surface area contributed by atoms with Crippen LogP contribution in [0.5, 0.6) is 0 Å². The summed E-state index contributed by atoms with van der Waals surface area (Å²) in [7, 11) is 3.62. The van der Waals surface area contributed by atoms with Gasteiger partial charge >= 0.3 is 0 Å². The zero-order chi connectivity index (χ0) is 24.7. The van der Waals surface area contributed by atoms with Crippen LogP contribution in [0.15, 0.2) is 53.3 Å². The zero-order valence-corrected chi connectivity index (χ0v) is 21.2. The number of nitrogens with one attached hydrogen (secondary N) is 1. The second kappa shape index (κ2) is 9.21. The standard InChI is InChI=1S/C26H27Cl2N5O2/c1-31(2)33-24(35)21-15-32(23(34)17-3-7-19(27)8-4-17)14-11-22(21)30-25(33)29-16-26(12-13-26)18-5-9-20(28)10-6-18/h3-10H,11-16H2,1-2H3,(H,29,30). The summed E-state index contributed by atoms with van der Waals surface area (Å²) < 4.78 is 1.55. The van der Waals surface area contributed by atoms with Crippen molar-refractivity contribution < 1.29 is 4.79 Å². The van der Waals surface area contributed by atoms with Crippen molar-refractivity contribution in [3.8, 4) is 0 Å². The minimum absolute atomic E-state index is 0.0250. The maximum absolute atomic E-state index is 13.5. The molecule has 2 aromatic carbocycles. The smallest absolute Gasteiger partial charge is 0.278 e. The highest BCUT2D eigenvalue weighted by Crippen LogP contribution is 2.48. The van der Waals surface area contributed by atoms with Crippen LogP contribution >= 0.6 is 23.2 Å². The minimum Gasteiger partial charge on any atom is -0.353 e. The summed E-state index contributed by atoms with van der Waals surface area (Å²) >= 11 is 12.0. The number of amides is 1. The molecular formula is C26H27Cl2N5O2. The van der Waals surface area contributed by atoms with Crippen molar-refractivity contribution >= 4 is 35.1 Å². The average Bonchev–Trinajstić information content (AvgIpc) is 3.64. The van der Waals surface area contributed by atoms with Gasteiger partial charge in [0.05, 0.1) is 17.8 Å². The first kappa shape index (κ1) is 23.7. The van der Waals surface area contributed by atoms with E-state index in [2.05, 4.69) is 17.4 Å². The predicted octanol–water partition coefficient (Wildman–Crippen LogP) is 4.09. The Kier molecular flexibility index (Phi) is 6.23. The number of anilines is 1. The van der Waals surface area contributed by atoms with Gasteiger partial charge in [-0.05, 0) is 54.8 Å². The van der Waals surface area contributed by atoms with Crippen molar-refractivity contribution in [3.05, 3.63) is 91.3 Å². The fourth-order valence-electron chi connectivity index (χ4n) is 4.67. The Morgan fingerprint density at radius 1 is 1.06 bits per heavy atom. The molecule has 1 aliphatic heterocycles. The first-order valence-corrected chi connectivity index (χ1v) is 12.4. The molecule has 1 aromatic heterocycles. The Bertz CT molecular complexity index is 1320. The molecule has 9 heteroatoms. The van der Waals surface area contributed by atoms with Gasteiger partial charge in [-0.1, -0.05) is 35.3 Å². The molecule has 2 heterocycles. The first-order valence-electron chi connectivity index (χ1n) is 11.6. The molecule has 1 saturated carbocycles. The zero-order valence-electron chi connectivity index (χ0n) is 19.7. The SMILES string of the molecule is CN(C)n1c(NCC2(c3ccc(Cl)cc3)CC2)nc2c(c1=O)CN(C(=O)c1ccc(Cl)cc1)CC2. The summed E-state index contributed by atoms with van der Waals surface area (Å²) in [5, 5.41) is 6.47. The highest BCUT2D eigenvalue weighted by atomic mass is 35.5. The summed E-state index contributed by atoms with van der Waals surface area (Å²) in [6.07, 6.45) is 2.66. The molecular weight excluding hydrogens is 485 g/mol. The van der Waals surface area contributed by atoms with E-state index in [1.165, 1.54) is 5.56 Å². The first-order chi connectivity index (χ1) is 16.8. The second-order valence-electron chi connectivity index (χ2n) is 9.45. The molecule has 0 spiro atoms. The lowest BCUT2D eigenvalue weighted by atomic mass is 9.96. The van der Waals surface area contributed by atoms with Crippen LogP contribution in [0.25, 0.3) is 0 Å². The van der Waals surface area contributed by atoms with Gasteiger partial charge in [-0.15, -0.1) is 0 Å². The van der Waals surface area contributed by atoms with E-state index >= 15 is 0 Å². The Morgan fingerprint density at radius 2 is 1.69 bits per heavy atom. The van der Waals surface area contributed by atoms with Crippen LogP contribution in [0, 0.1) is 0 Å². The number of benzene rings is 2. The van der Waals surface area contributed by atoms with E-state index in [-0.39, 0.29) is 23.4 Å². The predicted molar refractivity (Wildman–Crippen MR) is 139 cm³/mol. The third-order valence-electron chi connectivity index (χ3n) is 6.88. The fourth-order valence-corrected chi connectivity index (χ4v) is 4.92. The number of carbonyl (C=O) groups is 1. The number of nitrogens with zero attached hydrogens (tertiary/aromatic N) is 4. The number of hydrogen-bond acceptors (Lipinski definition) is 5. The van der Waals surface area contributed by atoms with Gasteiger partial charge in [0, 0.05) is 54.6 Å². The van der Waals surface area contributed by atoms with Gasteiger partial charge in [0.25, 0.3) is 11.5 Å². The maximum atomic E-state index is 13.5. The number of aromatic nitrogens is 2. The molecule has 0 unspecified atom stereocenters. The number of fused-ring (bicyclic) bond motifs is 1. The summed E-state index contributed by atoms with van der Waals surface area (Å²) in [5.41, 5.74) is 2.95. The maximum Gasteiger partial charge on any atom is 0.278 e. The van der Waals surface area contributed by atoms with Crippen molar-refractivity contribution in [1.82, 2.24) is 14.6 Å². The summed E-state index contributed by atoms with van der Waals surface area (Å²) in [6, 6.07) is 14.8. The van der Waals surface area contributed by atoms with Crippen molar-refractivity contribution in [1.29, 1.82) is 0 Å². The monoisotopic (exact) mass is 511 g/mol. The molecule has 1 fully saturated rings. The Morgan fingerprint density at radius 3 is 2.29 bits per heavy atom. The molecule has 0 radical (unpaired) electrons. The van der Waals surface area contributed by atoms with E-state index in [0.29, 0.717) is 41.6 Å². The molecule has 5 rings (SSSR count). The van der Waals surface area contributed by atoms with Gasteiger partial charge in [0.1, 0.15) is 0 Å². The van der Waals surface area contributed by atoms with Crippen LogP contribution in [0.4, 0.5) is 5.95 Å². The number of carbonyl (C=O) groups excluding carboxylic acids is 1. The van der Waals surface area contributed by atoms with Crippen LogP contribution in [0.2, 0.25) is 10.0 Å². The van der Waals surface area contributed by atoms with E-state index in [1.807, 2.05) is 26.2 Å². The fraction of sp³-hybridized carbons (Fsp3) is 0.346. The van der Waals surface area contributed by atoms with E-state index in [0.717, 1.165) is 23.6 Å². The van der Waals surface area contributed by atoms with Crippen LogP contribution in [-0.2, 0) is 18.4 Å². The third kappa shape index (κ3) is 4.62. The van der Waals surface area contributed by atoms with Gasteiger partial charge in [0.2, 0.25) is 5.95 Å². The largest absolute Gasteiger partial charge is 0.353 e. The second-order valence-corrected chi connectivity index (χ2v) is 10.3. The molecule has 0 atom stereocenters.